The van der Waals surface area contributed by atoms with Crippen molar-refractivity contribution in [2.75, 3.05) is 26.4 Å². The summed E-state index contributed by atoms with van der Waals surface area (Å²) in [5.41, 5.74) is 1.50. The van der Waals surface area contributed by atoms with Crippen molar-refractivity contribution in [3.05, 3.63) is 41.5 Å². The van der Waals surface area contributed by atoms with Crippen LogP contribution in [0.3, 0.4) is 0 Å². The molecule has 1 N–H and O–H groups in total. The Morgan fingerprint density at radius 2 is 1.91 bits per heavy atom. The minimum Gasteiger partial charge on any atom is -0.460 e. The van der Waals surface area contributed by atoms with Gasteiger partial charge in [-0.15, -0.1) is 0 Å². The van der Waals surface area contributed by atoms with Crippen molar-refractivity contribution in [2.45, 2.75) is 26.3 Å². The molecule has 0 fully saturated rings. The van der Waals surface area contributed by atoms with Crippen LogP contribution in [0, 0.1) is 11.3 Å². The predicted octanol–water partition coefficient (Wildman–Crippen LogP) is 2.52. The Balaban J connectivity index is 2.14. The van der Waals surface area contributed by atoms with E-state index in [4.69, 9.17) is 14.7 Å². The molecule has 0 amide bonds. The van der Waals surface area contributed by atoms with E-state index in [9.17, 15) is 4.79 Å². The van der Waals surface area contributed by atoms with Gasteiger partial charge in [-0.05, 0) is 44.5 Å². The molecule has 0 saturated carbocycles. The molecule has 1 aromatic rings. The quantitative estimate of drug-likeness (QED) is 0.453. The first-order valence-corrected chi connectivity index (χ1v) is 7.58. The molecule has 0 saturated heterocycles. The highest BCUT2D eigenvalue weighted by molar-refractivity contribution is 5.87. The van der Waals surface area contributed by atoms with Crippen LogP contribution in [-0.2, 0) is 14.3 Å². The van der Waals surface area contributed by atoms with Gasteiger partial charge in [0.25, 0.3) is 0 Å². The second kappa shape index (κ2) is 9.78. The van der Waals surface area contributed by atoms with E-state index in [1.54, 1.807) is 30.3 Å². The molecule has 124 valence electrons. The molecule has 0 atom stereocenters. The maximum absolute atomic E-state index is 11.5. The highest BCUT2D eigenvalue weighted by Crippen LogP contribution is 2.05. The molecule has 1 aromatic carbocycles. The molecule has 5 nitrogen and oxygen atoms in total. The highest BCUT2D eigenvalue weighted by Gasteiger charge is 2.07. The number of carbonyl (C=O) groups is 1. The Bertz CT molecular complexity index is 551. The first-order chi connectivity index (χ1) is 10.9. The number of hydrogen-bond donors (Lipinski definition) is 1. The predicted molar refractivity (Wildman–Crippen MR) is 89.7 cm³/mol. The van der Waals surface area contributed by atoms with E-state index in [0.717, 1.165) is 12.1 Å². The van der Waals surface area contributed by atoms with Crippen LogP contribution in [0.15, 0.2) is 30.3 Å². The smallest absolute Gasteiger partial charge is 0.330 e. The number of hydrogen-bond acceptors (Lipinski definition) is 5. The van der Waals surface area contributed by atoms with Crippen LogP contribution in [0.2, 0.25) is 0 Å². The zero-order chi connectivity index (χ0) is 17.1. The lowest BCUT2D eigenvalue weighted by molar-refractivity contribution is -0.139. The van der Waals surface area contributed by atoms with Crippen LogP contribution in [-0.4, -0.2) is 37.9 Å². The topological polar surface area (TPSA) is 71.3 Å². The van der Waals surface area contributed by atoms with Crippen molar-refractivity contribution >= 4 is 12.0 Å². The van der Waals surface area contributed by atoms with Crippen molar-refractivity contribution < 1.29 is 14.3 Å². The number of nitrogens with zero attached hydrogens (tertiary/aromatic N) is 1. The van der Waals surface area contributed by atoms with Crippen molar-refractivity contribution in [1.29, 1.82) is 5.26 Å². The third kappa shape index (κ3) is 9.46. The van der Waals surface area contributed by atoms with E-state index in [1.165, 1.54) is 6.08 Å². The SMILES string of the molecule is CC(C)(C)NCCOCCOC(=O)/C=C/c1ccc(C#N)cc1. The Morgan fingerprint density at radius 1 is 1.22 bits per heavy atom. The van der Waals surface area contributed by atoms with Crippen molar-refractivity contribution in [3.63, 3.8) is 0 Å². The van der Waals surface area contributed by atoms with Gasteiger partial charge in [0, 0.05) is 18.2 Å². The average molecular weight is 316 g/mol. The molecule has 0 radical (unpaired) electrons. The summed E-state index contributed by atoms with van der Waals surface area (Å²) in [6, 6.07) is 8.98. The summed E-state index contributed by atoms with van der Waals surface area (Å²) in [5.74, 6) is -0.411. The van der Waals surface area contributed by atoms with Gasteiger partial charge in [0.2, 0.25) is 0 Å². The number of benzene rings is 1. The van der Waals surface area contributed by atoms with Gasteiger partial charge in [-0.3, -0.25) is 0 Å². The molecule has 0 heterocycles. The van der Waals surface area contributed by atoms with Gasteiger partial charge in [0.15, 0.2) is 0 Å². The molecule has 0 spiro atoms. The molecule has 0 aliphatic heterocycles. The molecule has 1 rings (SSSR count). The summed E-state index contributed by atoms with van der Waals surface area (Å²) < 4.78 is 10.4. The summed E-state index contributed by atoms with van der Waals surface area (Å²) in [6.45, 7) is 8.22. The number of carbonyl (C=O) groups excluding carboxylic acids is 1. The second-order valence-corrected chi connectivity index (χ2v) is 6.02. The Morgan fingerprint density at radius 3 is 2.52 bits per heavy atom. The maximum atomic E-state index is 11.5. The van der Waals surface area contributed by atoms with Gasteiger partial charge in [0.1, 0.15) is 6.61 Å². The lowest BCUT2D eigenvalue weighted by Crippen LogP contribution is -2.38. The van der Waals surface area contributed by atoms with Gasteiger partial charge >= 0.3 is 5.97 Å². The fraction of sp³-hybridized carbons (Fsp3) is 0.444. The molecule has 0 aliphatic carbocycles. The molecular formula is C18H24N2O3. The summed E-state index contributed by atoms with van der Waals surface area (Å²) >= 11 is 0. The van der Waals surface area contributed by atoms with Gasteiger partial charge in [-0.25, -0.2) is 4.79 Å². The summed E-state index contributed by atoms with van der Waals surface area (Å²) in [6.07, 6.45) is 3.01. The zero-order valence-corrected chi connectivity index (χ0v) is 14.0. The van der Waals surface area contributed by atoms with E-state index in [0.29, 0.717) is 18.8 Å². The fourth-order valence-corrected chi connectivity index (χ4v) is 1.68. The fourth-order valence-electron chi connectivity index (χ4n) is 1.68. The number of ether oxygens (including phenoxy) is 2. The van der Waals surface area contributed by atoms with Gasteiger partial charge < -0.3 is 14.8 Å². The summed E-state index contributed by atoms with van der Waals surface area (Å²) in [5, 5.41) is 12.0. The van der Waals surface area contributed by atoms with Gasteiger partial charge in [-0.2, -0.15) is 5.26 Å². The van der Waals surface area contributed by atoms with Crippen molar-refractivity contribution in [3.8, 4) is 6.07 Å². The van der Waals surface area contributed by atoms with E-state index in [-0.39, 0.29) is 12.1 Å². The molecule has 23 heavy (non-hydrogen) atoms. The molecular weight excluding hydrogens is 292 g/mol. The minimum absolute atomic E-state index is 0.0755. The van der Waals surface area contributed by atoms with E-state index < -0.39 is 5.97 Å². The van der Waals surface area contributed by atoms with Crippen LogP contribution < -0.4 is 5.32 Å². The van der Waals surface area contributed by atoms with Gasteiger partial charge in [-0.1, -0.05) is 12.1 Å². The normalized spacial score (nSPS) is 11.4. The number of rotatable bonds is 8. The third-order valence-corrected chi connectivity index (χ3v) is 2.83. The third-order valence-electron chi connectivity index (χ3n) is 2.83. The first kappa shape index (κ1) is 18.9. The van der Waals surface area contributed by atoms with Crippen LogP contribution in [0.25, 0.3) is 6.08 Å². The number of nitriles is 1. The standard InChI is InChI=1S/C18H24N2O3/c1-18(2,3)20-10-11-22-12-13-23-17(21)9-8-15-4-6-16(14-19)7-5-15/h4-9,20H,10-13H2,1-3H3/b9-8+. The Hall–Kier alpha value is -2.16. The average Bonchev–Trinajstić information content (AvgIpc) is 2.51. The molecule has 0 bridgehead atoms. The first-order valence-electron chi connectivity index (χ1n) is 7.58. The highest BCUT2D eigenvalue weighted by atomic mass is 16.6. The van der Waals surface area contributed by atoms with E-state index >= 15 is 0 Å². The summed E-state index contributed by atoms with van der Waals surface area (Å²) in [4.78, 5) is 11.5. The monoisotopic (exact) mass is 316 g/mol. The van der Waals surface area contributed by atoms with Crippen LogP contribution in [0.4, 0.5) is 0 Å². The molecule has 0 unspecified atom stereocenters. The Kier molecular flexibility index (Phi) is 8.03. The Labute approximate surface area is 137 Å². The van der Waals surface area contributed by atoms with Crippen molar-refractivity contribution in [1.82, 2.24) is 5.32 Å². The van der Waals surface area contributed by atoms with Crippen LogP contribution in [0.5, 0.6) is 0 Å². The largest absolute Gasteiger partial charge is 0.460 e. The summed E-state index contributed by atoms with van der Waals surface area (Å²) in [7, 11) is 0. The molecule has 5 heteroatoms. The molecule has 0 aromatic heterocycles. The zero-order valence-electron chi connectivity index (χ0n) is 14.0. The second-order valence-electron chi connectivity index (χ2n) is 6.02. The maximum Gasteiger partial charge on any atom is 0.330 e. The van der Waals surface area contributed by atoms with E-state index in [1.807, 2.05) is 6.07 Å². The number of esters is 1. The molecule has 0 aliphatic rings. The lowest BCUT2D eigenvalue weighted by atomic mass is 10.1. The van der Waals surface area contributed by atoms with E-state index in [2.05, 4.69) is 26.1 Å². The van der Waals surface area contributed by atoms with Crippen LogP contribution in [0.1, 0.15) is 31.9 Å². The lowest BCUT2D eigenvalue weighted by Gasteiger charge is -2.20. The minimum atomic E-state index is -0.411. The van der Waals surface area contributed by atoms with Crippen LogP contribution >= 0.6 is 0 Å². The van der Waals surface area contributed by atoms with Gasteiger partial charge in [0.05, 0.1) is 24.8 Å². The van der Waals surface area contributed by atoms with Crippen molar-refractivity contribution in [2.24, 2.45) is 0 Å². The number of nitrogens with one attached hydrogen (secondary N) is 1.